The van der Waals surface area contributed by atoms with Crippen LogP contribution >= 0.6 is 50.1 Å². The summed E-state index contributed by atoms with van der Waals surface area (Å²) in [5, 5.41) is 3.86. The van der Waals surface area contributed by atoms with E-state index in [0.29, 0.717) is 17.5 Å². The van der Waals surface area contributed by atoms with Gasteiger partial charge in [0, 0.05) is 23.7 Å². The molecule has 2 aromatic rings. The van der Waals surface area contributed by atoms with Crippen molar-refractivity contribution in [3.63, 3.8) is 0 Å². The van der Waals surface area contributed by atoms with Gasteiger partial charge in [0.05, 0.1) is 20.9 Å². The Morgan fingerprint density at radius 3 is 2.76 bits per heavy atom. The highest BCUT2D eigenvalue weighted by atomic mass is 127. The summed E-state index contributed by atoms with van der Waals surface area (Å²) in [6.45, 7) is 3.24. The van der Waals surface area contributed by atoms with Gasteiger partial charge in [-0.05, 0) is 47.7 Å². The van der Waals surface area contributed by atoms with E-state index in [0.717, 1.165) is 31.7 Å². The van der Waals surface area contributed by atoms with Crippen LogP contribution in [0.2, 0.25) is 5.02 Å². The van der Waals surface area contributed by atoms with Crippen LogP contribution in [-0.4, -0.2) is 23.6 Å². The molecule has 0 bridgehead atoms. The van der Waals surface area contributed by atoms with Crippen molar-refractivity contribution in [2.45, 2.75) is 13.5 Å². The van der Waals surface area contributed by atoms with Crippen molar-refractivity contribution in [2.24, 2.45) is 0 Å². The number of rotatable bonds is 5. The summed E-state index contributed by atoms with van der Waals surface area (Å²) in [7, 11) is 1.65. The van der Waals surface area contributed by atoms with Crippen LogP contribution in [-0.2, 0) is 11.3 Å². The summed E-state index contributed by atoms with van der Waals surface area (Å²) < 4.78 is 7.11. The van der Waals surface area contributed by atoms with Crippen LogP contribution < -0.4 is 5.32 Å². The Morgan fingerprint density at radius 1 is 1.38 bits per heavy atom. The van der Waals surface area contributed by atoms with Gasteiger partial charge in [-0.3, -0.25) is 0 Å². The van der Waals surface area contributed by atoms with E-state index in [1.165, 1.54) is 0 Å². The van der Waals surface area contributed by atoms with E-state index < -0.39 is 0 Å². The first-order valence-corrected chi connectivity index (χ1v) is 8.56. The first-order valence-electron chi connectivity index (χ1n) is 6.31. The average molecular weight is 483 g/mol. The SMILES string of the molecule is CCNc1nc(-c2ccc(Br)cc2Cl)nc(COC)c1I. The van der Waals surface area contributed by atoms with E-state index in [4.69, 9.17) is 16.3 Å². The smallest absolute Gasteiger partial charge is 0.163 e. The second-order valence-electron chi connectivity index (χ2n) is 4.24. The van der Waals surface area contributed by atoms with Gasteiger partial charge < -0.3 is 10.1 Å². The van der Waals surface area contributed by atoms with Gasteiger partial charge in [-0.1, -0.05) is 27.5 Å². The van der Waals surface area contributed by atoms with Gasteiger partial charge >= 0.3 is 0 Å². The molecule has 0 spiro atoms. The van der Waals surface area contributed by atoms with E-state index in [9.17, 15) is 0 Å². The molecule has 1 aromatic heterocycles. The lowest BCUT2D eigenvalue weighted by Gasteiger charge is -2.12. The summed E-state index contributed by atoms with van der Waals surface area (Å²) in [6, 6.07) is 5.66. The van der Waals surface area contributed by atoms with E-state index in [1.807, 2.05) is 25.1 Å². The predicted molar refractivity (Wildman–Crippen MR) is 97.8 cm³/mol. The Hall–Kier alpha value is -0.440. The van der Waals surface area contributed by atoms with Gasteiger partial charge in [0.2, 0.25) is 0 Å². The lowest BCUT2D eigenvalue weighted by molar-refractivity contribution is 0.181. The maximum atomic E-state index is 6.30. The monoisotopic (exact) mass is 481 g/mol. The van der Waals surface area contributed by atoms with E-state index in [-0.39, 0.29) is 0 Å². The van der Waals surface area contributed by atoms with Crippen LogP contribution in [0.4, 0.5) is 5.82 Å². The number of nitrogens with zero attached hydrogens (tertiary/aromatic N) is 2. The predicted octanol–water partition coefficient (Wildman–Crippen LogP) is 4.74. The maximum absolute atomic E-state index is 6.30. The third-order valence-corrected chi connectivity index (χ3v) is 4.66. The number of benzene rings is 1. The third kappa shape index (κ3) is 4.06. The number of ether oxygens (including phenoxy) is 1. The first-order chi connectivity index (χ1) is 10.1. The molecular weight excluding hydrogens is 468 g/mol. The first kappa shape index (κ1) is 16.9. The molecule has 0 radical (unpaired) electrons. The molecule has 2 rings (SSSR count). The van der Waals surface area contributed by atoms with Crippen molar-refractivity contribution in [1.82, 2.24) is 9.97 Å². The van der Waals surface area contributed by atoms with Crippen molar-refractivity contribution in [3.05, 3.63) is 37.0 Å². The molecule has 21 heavy (non-hydrogen) atoms. The Kier molecular flexibility index (Phi) is 6.21. The minimum Gasteiger partial charge on any atom is -0.378 e. The fourth-order valence-corrected chi connectivity index (χ4v) is 3.15. The van der Waals surface area contributed by atoms with Gasteiger partial charge in [0.1, 0.15) is 5.82 Å². The van der Waals surface area contributed by atoms with Gasteiger partial charge in [0.15, 0.2) is 5.82 Å². The molecule has 0 saturated heterocycles. The van der Waals surface area contributed by atoms with Crippen molar-refractivity contribution in [2.75, 3.05) is 19.0 Å². The van der Waals surface area contributed by atoms with Crippen LogP contribution in [0.25, 0.3) is 11.4 Å². The molecule has 0 unspecified atom stereocenters. The number of aromatic nitrogens is 2. The number of hydrogen-bond donors (Lipinski definition) is 1. The molecule has 112 valence electrons. The van der Waals surface area contributed by atoms with Crippen molar-refractivity contribution in [1.29, 1.82) is 0 Å². The fraction of sp³-hybridized carbons (Fsp3) is 0.286. The molecule has 0 aliphatic carbocycles. The topological polar surface area (TPSA) is 47.0 Å². The molecule has 1 N–H and O–H groups in total. The lowest BCUT2D eigenvalue weighted by atomic mass is 10.2. The Morgan fingerprint density at radius 2 is 2.14 bits per heavy atom. The Labute approximate surface area is 150 Å². The number of nitrogens with one attached hydrogen (secondary N) is 1. The molecule has 7 heteroatoms. The molecule has 0 aliphatic rings. The van der Waals surface area contributed by atoms with Crippen molar-refractivity contribution >= 4 is 55.9 Å². The standard InChI is InChI=1S/C14H14BrClIN3O/c1-3-18-14-12(17)11(7-21-2)19-13(20-14)9-5-4-8(15)6-10(9)16/h4-6H,3,7H2,1-2H3,(H,18,19,20). The molecular formula is C14H14BrClIN3O. The van der Waals surface area contributed by atoms with E-state index in [1.54, 1.807) is 7.11 Å². The van der Waals surface area contributed by atoms with E-state index in [2.05, 4.69) is 53.8 Å². The molecule has 0 atom stereocenters. The molecule has 0 fully saturated rings. The number of anilines is 1. The lowest BCUT2D eigenvalue weighted by Crippen LogP contribution is -2.08. The van der Waals surface area contributed by atoms with Crippen molar-refractivity contribution in [3.8, 4) is 11.4 Å². The molecule has 4 nitrogen and oxygen atoms in total. The highest BCUT2D eigenvalue weighted by molar-refractivity contribution is 14.1. The van der Waals surface area contributed by atoms with Crippen molar-refractivity contribution < 1.29 is 4.74 Å². The minimum absolute atomic E-state index is 0.431. The molecule has 1 aromatic carbocycles. The summed E-state index contributed by atoms with van der Waals surface area (Å²) in [6.07, 6.45) is 0. The van der Waals surface area contributed by atoms with Gasteiger partial charge in [-0.15, -0.1) is 0 Å². The van der Waals surface area contributed by atoms with Crippen LogP contribution in [0.3, 0.4) is 0 Å². The van der Waals surface area contributed by atoms with Gasteiger partial charge in [-0.2, -0.15) is 0 Å². The number of halogens is 3. The van der Waals surface area contributed by atoms with Gasteiger partial charge in [-0.25, -0.2) is 9.97 Å². The second-order valence-corrected chi connectivity index (χ2v) is 6.65. The Balaban J connectivity index is 2.56. The van der Waals surface area contributed by atoms with E-state index >= 15 is 0 Å². The summed E-state index contributed by atoms with van der Waals surface area (Å²) in [5.74, 6) is 1.39. The van der Waals surface area contributed by atoms with Crippen LogP contribution in [0.15, 0.2) is 22.7 Å². The van der Waals surface area contributed by atoms with Crippen LogP contribution in [0, 0.1) is 3.57 Å². The zero-order valence-electron chi connectivity index (χ0n) is 11.6. The number of hydrogen-bond acceptors (Lipinski definition) is 4. The molecule has 0 saturated carbocycles. The molecule has 0 amide bonds. The summed E-state index contributed by atoms with van der Waals surface area (Å²) in [4.78, 5) is 9.16. The maximum Gasteiger partial charge on any atom is 0.163 e. The summed E-state index contributed by atoms with van der Waals surface area (Å²) in [5.41, 5.74) is 1.64. The highest BCUT2D eigenvalue weighted by Gasteiger charge is 2.15. The quantitative estimate of drug-likeness (QED) is 0.626. The Bertz CT molecular complexity index is 627. The summed E-state index contributed by atoms with van der Waals surface area (Å²) >= 11 is 11.9. The largest absolute Gasteiger partial charge is 0.378 e. The minimum atomic E-state index is 0.431. The highest BCUT2D eigenvalue weighted by Crippen LogP contribution is 2.31. The molecule has 1 heterocycles. The van der Waals surface area contributed by atoms with Crippen LogP contribution in [0.5, 0.6) is 0 Å². The fourth-order valence-electron chi connectivity index (χ4n) is 1.80. The van der Waals surface area contributed by atoms with Gasteiger partial charge in [0.25, 0.3) is 0 Å². The third-order valence-electron chi connectivity index (χ3n) is 2.72. The van der Waals surface area contributed by atoms with Crippen LogP contribution in [0.1, 0.15) is 12.6 Å². The zero-order chi connectivity index (χ0) is 15.4. The second kappa shape index (κ2) is 7.71. The molecule has 0 aliphatic heterocycles. The zero-order valence-corrected chi connectivity index (χ0v) is 16.1. The number of methoxy groups -OCH3 is 1. The normalized spacial score (nSPS) is 10.7. The average Bonchev–Trinajstić information content (AvgIpc) is 2.43.